The molecular weight excluding hydrogens is 264 g/mol. The maximum absolute atomic E-state index is 12.4. The first-order chi connectivity index (χ1) is 8.75. The molecule has 0 spiro atoms. The molecule has 0 aromatic rings. The summed E-state index contributed by atoms with van der Waals surface area (Å²) < 4.78 is 5.61. The van der Waals surface area contributed by atoms with Crippen LogP contribution in [0, 0.1) is 11.8 Å². The van der Waals surface area contributed by atoms with Crippen molar-refractivity contribution in [3.63, 3.8) is 0 Å². The lowest BCUT2D eigenvalue weighted by Crippen LogP contribution is -2.42. The van der Waals surface area contributed by atoms with Gasteiger partial charge >= 0.3 is 0 Å². The van der Waals surface area contributed by atoms with Crippen molar-refractivity contribution >= 4 is 18.3 Å². The Hall–Kier alpha value is -0.320. The van der Waals surface area contributed by atoms with Gasteiger partial charge in [0.15, 0.2) is 0 Å². The molecule has 1 amide bonds. The molecule has 3 fully saturated rings. The number of hydrogen-bond donors (Lipinski definition) is 1. The van der Waals surface area contributed by atoms with Gasteiger partial charge in [0.25, 0.3) is 5.91 Å². The number of nitrogens with two attached hydrogens (primary N) is 1. The Morgan fingerprint density at radius 3 is 2.63 bits per heavy atom. The highest BCUT2D eigenvalue weighted by atomic mass is 35.5. The molecule has 2 heterocycles. The number of carbonyl (C=O) groups is 1. The number of likely N-dealkylation sites (tertiary alicyclic amines) is 1. The molecule has 4 atom stereocenters. The highest BCUT2D eigenvalue weighted by Gasteiger charge is 2.42. The van der Waals surface area contributed by atoms with Crippen LogP contribution in [-0.2, 0) is 9.53 Å². The van der Waals surface area contributed by atoms with Crippen LogP contribution in [0.25, 0.3) is 0 Å². The van der Waals surface area contributed by atoms with Crippen LogP contribution in [0.1, 0.15) is 38.5 Å². The van der Waals surface area contributed by atoms with E-state index in [1.54, 1.807) is 0 Å². The van der Waals surface area contributed by atoms with Crippen LogP contribution in [0.4, 0.5) is 0 Å². The zero-order valence-corrected chi connectivity index (χ0v) is 12.2. The van der Waals surface area contributed by atoms with Gasteiger partial charge in [-0.3, -0.25) is 4.79 Å². The Balaban J connectivity index is 0.00000133. The van der Waals surface area contributed by atoms with Gasteiger partial charge in [-0.05, 0) is 43.9 Å². The number of nitrogens with zero attached hydrogens (tertiary/aromatic N) is 1. The standard InChI is InChI=1S/C14H24N2O2.ClH/c15-12-5-3-4-10-8-16(9-11(10)12)14(17)13-6-1-2-7-18-13;/h10-13H,1-9,15H2;1H. The number of ether oxygens (including phenoxy) is 1. The van der Waals surface area contributed by atoms with Gasteiger partial charge in [-0.25, -0.2) is 0 Å². The first-order valence-corrected chi connectivity index (χ1v) is 7.41. The van der Waals surface area contributed by atoms with Crippen LogP contribution in [0.2, 0.25) is 0 Å². The Morgan fingerprint density at radius 2 is 1.95 bits per heavy atom. The van der Waals surface area contributed by atoms with Crippen molar-refractivity contribution in [3.8, 4) is 0 Å². The van der Waals surface area contributed by atoms with E-state index in [9.17, 15) is 4.79 Å². The van der Waals surface area contributed by atoms with Crippen molar-refractivity contribution in [3.05, 3.63) is 0 Å². The largest absolute Gasteiger partial charge is 0.368 e. The van der Waals surface area contributed by atoms with Crippen molar-refractivity contribution in [2.45, 2.75) is 50.7 Å². The van der Waals surface area contributed by atoms with E-state index in [-0.39, 0.29) is 24.4 Å². The summed E-state index contributed by atoms with van der Waals surface area (Å²) in [7, 11) is 0. The molecule has 0 aromatic carbocycles. The smallest absolute Gasteiger partial charge is 0.251 e. The molecule has 0 radical (unpaired) electrons. The van der Waals surface area contributed by atoms with Crippen molar-refractivity contribution in [2.75, 3.05) is 19.7 Å². The monoisotopic (exact) mass is 288 g/mol. The molecule has 19 heavy (non-hydrogen) atoms. The molecule has 3 aliphatic rings. The third-order valence-electron chi connectivity index (χ3n) is 4.92. The molecule has 2 aliphatic heterocycles. The van der Waals surface area contributed by atoms with E-state index >= 15 is 0 Å². The first kappa shape index (κ1) is 15.1. The lowest BCUT2D eigenvalue weighted by molar-refractivity contribution is -0.145. The molecule has 110 valence electrons. The minimum absolute atomic E-state index is 0. The number of halogens is 1. The zero-order chi connectivity index (χ0) is 12.5. The second kappa shape index (κ2) is 6.42. The summed E-state index contributed by atoms with van der Waals surface area (Å²) >= 11 is 0. The topological polar surface area (TPSA) is 55.6 Å². The summed E-state index contributed by atoms with van der Waals surface area (Å²) in [5.74, 6) is 1.39. The van der Waals surface area contributed by atoms with Crippen LogP contribution >= 0.6 is 12.4 Å². The van der Waals surface area contributed by atoms with E-state index in [0.717, 1.165) is 45.4 Å². The van der Waals surface area contributed by atoms with Crippen molar-refractivity contribution in [2.24, 2.45) is 17.6 Å². The number of fused-ring (bicyclic) bond motifs is 1. The first-order valence-electron chi connectivity index (χ1n) is 7.41. The summed E-state index contributed by atoms with van der Waals surface area (Å²) in [5.41, 5.74) is 6.19. The molecule has 1 aliphatic carbocycles. The summed E-state index contributed by atoms with van der Waals surface area (Å²) in [5, 5.41) is 0. The quantitative estimate of drug-likeness (QED) is 0.797. The van der Waals surface area contributed by atoms with Gasteiger partial charge < -0.3 is 15.4 Å². The van der Waals surface area contributed by atoms with Crippen molar-refractivity contribution in [1.29, 1.82) is 0 Å². The Labute approximate surface area is 121 Å². The second-order valence-electron chi connectivity index (χ2n) is 6.12. The SMILES string of the molecule is Cl.NC1CCCC2CN(C(=O)C3CCCCO3)CC12. The van der Waals surface area contributed by atoms with Gasteiger partial charge in [0, 0.05) is 25.7 Å². The summed E-state index contributed by atoms with van der Waals surface area (Å²) in [6.07, 6.45) is 6.55. The van der Waals surface area contributed by atoms with E-state index in [1.165, 1.54) is 12.8 Å². The molecular formula is C14H25ClN2O2. The number of rotatable bonds is 1. The minimum atomic E-state index is -0.171. The normalized spacial score (nSPS) is 38.5. The average Bonchev–Trinajstić information content (AvgIpc) is 2.84. The predicted octanol–water partition coefficient (Wildman–Crippen LogP) is 1.56. The summed E-state index contributed by atoms with van der Waals surface area (Å²) in [6.45, 7) is 2.53. The molecule has 2 N–H and O–H groups in total. The molecule has 3 rings (SSSR count). The van der Waals surface area contributed by atoms with E-state index in [2.05, 4.69) is 0 Å². The fraction of sp³-hybridized carbons (Fsp3) is 0.929. The minimum Gasteiger partial charge on any atom is -0.368 e. The van der Waals surface area contributed by atoms with Crippen LogP contribution in [0.15, 0.2) is 0 Å². The zero-order valence-electron chi connectivity index (χ0n) is 11.4. The maximum atomic E-state index is 12.4. The molecule has 1 saturated carbocycles. The highest BCUT2D eigenvalue weighted by molar-refractivity contribution is 5.85. The number of hydrogen-bond acceptors (Lipinski definition) is 3. The molecule has 0 aromatic heterocycles. The fourth-order valence-corrected chi connectivity index (χ4v) is 3.84. The fourth-order valence-electron chi connectivity index (χ4n) is 3.84. The molecule has 0 bridgehead atoms. The molecule has 4 nitrogen and oxygen atoms in total. The van der Waals surface area contributed by atoms with Gasteiger partial charge in [0.1, 0.15) is 6.10 Å². The van der Waals surface area contributed by atoms with E-state index in [0.29, 0.717) is 17.9 Å². The van der Waals surface area contributed by atoms with Crippen molar-refractivity contribution < 1.29 is 9.53 Å². The Kier molecular flexibility index (Phi) is 5.09. The predicted molar refractivity (Wildman–Crippen MR) is 76.2 cm³/mol. The van der Waals surface area contributed by atoms with E-state index in [1.807, 2.05) is 4.90 Å². The van der Waals surface area contributed by atoms with Gasteiger partial charge in [0.05, 0.1) is 0 Å². The summed E-state index contributed by atoms with van der Waals surface area (Å²) in [6, 6.07) is 0.300. The maximum Gasteiger partial charge on any atom is 0.251 e. The van der Waals surface area contributed by atoms with Gasteiger partial charge in [-0.15, -0.1) is 12.4 Å². The van der Waals surface area contributed by atoms with Gasteiger partial charge in [0.2, 0.25) is 0 Å². The highest BCUT2D eigenvalue weighted by Crippen LogP contribution is 2.36. The second-order valence-corrected chi connectivity index (χ2v) is 6.12. The van der Waals surface area contributed by atoms with Crippen molar-refractivity contribution in [1.82, 2.24) is 4.90 Å². The summed E-state index contributed by atoms with van der Waals surface area (Å²) in [4.78, 5) is 14.4. The van der Waals surface area contributed by atoms with Crippen LogP contribution in [0.3, 0.4) is 0 Å². The number of carbonyl (C=O) groups excluding carboxylic acids is 1. The van der Waals surface area contributed by atoms with E-state index < -0.39 is 0 Å². The Bertz CT molecular complexity index is 321. The van der Waals surface area contributed by atoms with Gasteiger partial charge in [-0.2, -0.15) is 0 Å². The Morgan fingerprint density at radius 1 is 1.11 bits per heavy atom. The number of amides is 1. The molecule has 2 saturated heterocycles. The third kappa shape index (κ3) is 3.06. The van der Waals surface area contributed by atoms with Crippen LogP contribution < -0.4 is 5.73 Å². The van der Waals surface area contributed by atoms with Crippen LogP contribution in [0.5, 0.6) is 0 Å². The molecule has 5 heteroatoms. The lowest BCUT2D eigenvalue weighted by atomic mass is 9.78. The lowest BCUT2D eigenvalue weighted by Gasteiger charge is -2.29. The molecule has 4 unspecified atom stereocenters. The van der Waals surface area contributed by atoms with Crippen LogP contribution in [-0.4, -0.2) is 42.6 Å². The third-order valence-corrected chi connectivity index (χ3v) is 4.92. The average molecular weight is 289 g/mol. The van der Waals surface area contributed by atoms with Gasteiger partial charge in [-0.1, -0.05) is 6.42 Å². The van der Waals surface area contributed by atoms with E-state index in [4.69, 9.17) is 10.5 Å².